The summed E-state index contributed by atoms with van der Waals surface area (Å²) < 4.78 is 17.5. The van der Waals surface area contributed by atoms with Gasteiger partial charge in [-0.25, -0.2) is 4.39 Å². The number of rotatable bonds is 6. The number of thiophene rings is 1. The fourth-order valence-electron chi connectivity index (χ4n) is 2.84. The van der Waals surface area contributed by atoms with Gasteiger partial charge in [0.25, 0.3) is 5.56 Å². The molecule has 0 N–H and O–H groups in total. The summed E-state index contributed by atoms with van der Waals surface area (Å²) in [6.45, 7) is 2.73. The first kappa shape index (κ1) is 17.2. The fraction of sp³-hybridized carbons (Fsp3) is 0.278. The van der Waals surface area contributed by atoms with Crippen molar-refractivity contribution in [3.63, 3.8) is 0 Å². The van der Waals surface area contributed by atoms with Crippen molar-refractivity contribution < 1.29 is 4.39 Å². The van der Waals surface area contributed by atoms with Gasteiger partial charge in [-0.15, -0.1) is 21.5 Å². The van der Waals surface area contributed by atoms with Gasteiger partial charge in [-0.2, -0.15) is 0 Å². The molecule has 3 heterocycles. The molecule has 0 radical (unpaired) electrons. The van der Waals surface area contributed by atoms with E-state index in [0.29, 0.717) is 18.1 Å². The molecular formula is C18H17FN4OS2. The van der Waals surface area contributed by atoms with Crippen LogP contribution in [0.25, 0.3) is 16.0 Å². The summed E-state index contributed by atoms with van der Waals surface area (Å²) in [6.07, 6.45) is 1.92. The van der Waals surface area contributed by atoms with Crippen LogP contribution in [0.3, 0.4) is 0 Å². The van der Waals surface area contributed by atoms with Crippen LogP contribution in [-0.4, -0.2) is 19.2 Å². The summed E-state index contributed by atoms with van der Waals surface area (Å²) in [4.78, 5) is 12.8. The zero-order valence-electron chi connectivity index (χ0n) is 14.2. The van der Waals surface area contributed by atoms with Crippen LogP contribution in [0.4, 0.5) is 4.39 Å². The number of hydrogen-bond acceptors (Lipinski definition) is 5. The third-order valence-electron chi connectivity index (χ3n) is 4.20. The maximum Gasteiger partial charge on any atom is 0.272 e. The molecule has 0 aliphatic carbocycles. The number of halogens is 1. The summed E-state index contributed by atoms with van der Waals surface area (Å²) >= 11 is 2.97. The topological polar surface area (TPSA) is 52.2 Å². The van der Waals surface area contributed by atoms with E-state index in [4.69, 9.17) is 0 Å². The monoisotopic (exact) mass is 388 g/mol. The van der Waals surface area contributed by atoms with Crippen molar-refractivity contribution in [2.75, 3.05) is 0 Å². The molecule has 0 aliphatic heterocycles. The number of hydrogen-bond donors (Lipinski definition) is 0. The molecule has 5 nitrogen and oxygen atoms in total. The van der Waals surface area contributed by atoms with E-state index in [9.17, 15) is 9.18 Å². The van der Waals surface area contributed by atoms with Gasteiger partial charge in [0, 0.05) is 12.3 Å². The van der Waals surface area contributed by atoms with Gasteiger partial charge in [-0.1, -0.05) is 37.2 Å². The molecule has 0 saturated carbocycles. The first-order chi connectivity index (χ1) is 12.7. The highest BCUT2D eigenvalue weighted by molar-refractivity contribution is 7.98. The van der Waals surface area contributed by atoms with Crippen molar-refractivity contribution in [3.8, 4) is 0 Å². The highest BCUT2D eigenvalue weighted by Crippen LogP contribution is 2.26. The van der Waals surface area contributed by atoms with Gasteiger partial charge < -0.3 is 0 Å². The lowest BCUT2D eigenvalue weighted by molar-refractivity contribution is 0.621. The molecule has 26 heavy (non-hydrogen) atoms. The van der Waals surface area contributed by atoms with E-state index in [1.165, 1.54) is 35.2 Å². The summed E-state index contributed by atoms with van der Waals surface area (Å²) in [7, 11) is 0. The summed E-state index contributed by atoms with van der Waals surface area (Å²) in [6, 6.07) is 8.38. The second-order valence-corrected chi connectivity index (χ2v) is 7.84. The molecule has 1 aromatic carbocycles. The van der Waals surface area contributed by atoms with Crippen LogP contribution in [-0.2, 0) is 12.3 Å². The van der Waals surface area contributed by atoms with Crippen LogP contribution < -0.4 is 5.56 Å². The SMILES string of the molecule is CCCCn1c(=O)c2sccc2n2c(SCc3ccc(F)cc3)nnc12. The molecule has 0 aliphatic rings. The maximum atomic E-state index is 13.1. The van der Waals surface area contributed by atoms with E-state index < -0.39 is 0 Å². The molecule has 134 valence electrons. The number of thioether (sulfide) groups is 1. The Balaban J connectivity index is 1.77. The molecule has 0 saturated heterocycles. The number of aromatic nitrogens is 4. The second kappa shape index (κ2) is 7.20. The van der Waals surface area contributed by atoms with Crippen LogP contribution in [0.2, 0.25) is 0 Å². The zero-order chi connectivity index (χ0) is 18.1. The molecule has 8 heteroatoms. The summed E-state index contributed by atoms with van der Waals surface area (Å²) in [5.41, 5.74) is 1.85. The van der Waals surface area contributed by atoms with E-state index in [2.05, 4.69) is 17.1 Å². The van der Waals surface area contributed by atoms with E-state index in [0.717, 1.165) is 33.8 Å². The normalized spacial score (nSPS) is 11.6. The van der Waals surface area contributed by atoms with Gasteiger partial charge in [0.05, 0.1) is 5.52 Å². The van der Waals surface area contributed by atoms with Gasteiger partial charge in [-0.3, -0.25) is 13.8 Å². The highest BCUT2D eigenvalue weighted by atomic mass is 32.2. The van der Waals surface area contributed by atoms with Gasteiger partial charge >= 0.3 is 0 Å². The number of aryl methyl sites for hydroxylation is 1. The Hall–Kier alpha value is -2.19. The van der Waals surface area contributed by atoms with Crippen molar-refractivity contribution in [1.29, 1.82) is 0 Å². The Labute approximate surface area is 157 Å². The molecule has 0 atom stereocenters. The lowest BCUT2D eigenvalue weighted by atomic mass is 10.2. The Bertz CT molecular complexity index is 1110. The van der Waals surface area contributed by atoms with Gasteiger partial charge in [-0.05, 0) is 35.6 Å². The Kier molecular flexibility index (Phi) is 4.78. The summed E-state index contributed by atoms with van der Waals surface area (Å²) in [5, 5.41) is 11.3. The van der Waals surface area contributed by atoms with Crippen LogP contribution in [0, 0.1) is 5.82 Å². The predicted octanol–water partition coefficient (Wildman–Crippen LogP) is 4.34. The zero-order valence-corrected chi connectivity index (χ0v) is 15.8. The minimum absolute atomic E-state index is 0.00145. The quantitative estimate of drug-likeness (QED) is 0.461. The van der Waals surface area contributed by atoms with Crippen molar-refractivity contribution in [1.82, 2.24) is 19.2 Å². The number of nitrogens with zero attached hydrogens (tertiary/aromatic N) is 4. The molecule has 0 fully saturated rings. The van der Waals surface area contributed by atoms with E-state index in [1.54, 1.807) is 16.7 Å². The molecule has 0 amide bonds. The lowest BCUT2D eigenvalue weighted by Crippen LogP contribution is -2.22. The summed E-state index contributed by atoms with van der Waals surface area (Å²) in [5.74, 6) is 0.989. The molecule has 4 aromatic rings. The Morgan fingerprint density at radius 1 is 1.19 bits per heavy atom. The average Bonchev–Trinajstić information content (AvgIpc) is 3.28. The van der Waals surface area contributed by atoms with Gasteiger partial charge in [0.15, 0.2) is 5.16 Å². The van der Waals surface area contributed by atoms with Crippen molar-refractivity contribution in [3.05, 3.63) is 57.4 Å². The standard InChI is InChI=1S/C18H17FN4OS2/c1-2-3-9-22-16(24)15-14(8-10-25-15)23-17(22)20-21-18(23)26-11-12-4-6-13(19)7-5-12/h4-8,10H,2-3,9,11H2,1H3. The largest absolute Gasteiger partial charge is 0.276 e. The minimum Gasteiger partial charge on any atom is -0.276 e. The van der Waals surface area contributed by atoms with E-state index in [-0.39, 0.29) is 11.4 Å². The first-order valence-corrected chi connectivity index (χ1v) is 10.3. The average molecular weight is 388 g/mol. The van der Waals surface area contributed by atoms with Crippen molar-refractivity contribution in [2.45, 2.75) is 37.2 Å². The van der Waals surface area contributed by atoms with Crippen LogP contribution in [0.5, 0.6) is 0 Å². The molecule has 0 unspecified atom stereocenters. The Morgan fingerprint density at radius 2 is 2.00 bits per heavy atom. The number of fused-ring (bicyclic) bond motifs is 3. The number of benzene rings is 1. The maximum absolute atomic E-state index is 13.1. The molecule has 0 spiro atoms. The van der Waals surface area contributed by atoms with E-state index >= 15 is 0 Å². The minimum atomic E-state index is -0.244. The third kappa shape index (κ3) is 3.03. The van der Waals surface area contributed by atoms with E-state index in [1.807, 2.05) is 15.8 Å². The Morgan fingerprint density at radius 3 is 2.77 bits per heavy atom. The van der Waals surface area contributed by atoms with Crippen LogP contribution in [0.15, 0.2) is 45.7 Å². The predicted molar refractivity (Wildman–Crippen MR) is 103 cm³/mol. The molecular weight excluding hydrogens is 371 g/mol. The molecule has 0 bridgehead atoms. The van der Waals surface area contributed by atoms with Gasteiger partial charge in [0.1, 0.15) is 10.5 Å². The first-order valence-electron chi connectivity index (χ1n) is 8.41. The second-order valence-electron chi connectivity index (χ2n) is 5.98. The lowest BCUT2D eigenvalue weighted by Gasteiger charge is -2.08. The fourth-order valence-corrected chi connectivity index (χ4v) is 4.56. The smallest absolute Gasteiger partial charge is 0.272 e. The van der Waals surface area contributed by atoms with Crippen molar-refractivity contribution >= 4 is 39.1 Å². The van der Waals surface area contributed by atoms with Crippen molar-refractivity contribution in [2.24, 2.45) is 0 Å². The molecule has 3 aromatic heterocycles. The van der Waals surface area contributed by atoms with Crippen LogP contribution in [0.1, 0.15) is 25.3 Å². The van der Waals surface area contributed by atoms with Crippen LogP contribution >= 0.6 is 23.1 Å². The molecule has 4 rings (SSSR count). The third-order valence-corrected chi connectivity index (χ3v) is 6.09. The number of unbranched alkanes of at least 4 members (excludes halogenated alkanes) is 1. The highest BCUT2D eigenvalue weighted by Gasteiger charge is 2.17. The van der Waals surface area contributed by atoms with Gasteiger partial charge in [0.2, 0.25) is 5.78 Å².